The highest BCUT2D eigenvalue weighted by atomic mass is 35.5. The van der Waals surface area contributed by atoms with Gasteiger partial charge in [0.1, 0.15) is 6.04 Å². The van der Waals surface area contributed by atoms with Crippen LogP contribution in [-0.2, 0) is 16.1 Å². The van der Waals surface area contributed by atoms with Crippen LogP contribution in [0.2, 0.25) is 10.0 Å². The molecule has 0 saturated carbocycles. The van der Waals surface area contributed by atoms with Gasteiger partial charge < -0.3 is 10.2 Å². The second-order valence-corrected chi connectivity index (χ2v) is 8.58. The molecule has 1 aliphatic heterocycles. The van der Waals surface area contributed by atoms with E-state index in [4.69, 9.17) is 23.2 Å². The van der Waals surface area contributed by atoms with Crippen LogP contribution in [0.4, 0.5) is 0 Å². The Balaban J connectivity index is 1.69. The van der Waals surface area contributed by atoms with Gasteiger partial charge in [-0.15, -0.1) is 0 Å². The molecule has 0 radical (unpaired) electrons. The van der Waals surface area contributed by atoms with E-state index in [0.29, 0.717) is 33.3 Å². The molecule has 7 nitrogen and oxygen atoms in total. The molecule has 0 bridgehead atoms. The molecule has 4 amide bonds. The van der Waals surface area contributed by atoms with E-state index in [0.717, 1.165) is 4.90 Å². The largest absolute Gasteiger partial charge is 0.355 e. The fourth-order valence-corrected chi connectivity index (χ4v) is 4.18. The Labute approximate surface area is 202 Å². The van der Waals surface area contributed by atoms with Crippen molar-refractivity contribution in [2.24, 2.45) is 0 Å². The lowest BCUT2D eigenvalue weighted by Gasteiger charge is -2.29. The first-order valence-corrected chi connectivity index (χ1v) is 11.5. The first kappa shape index (κ1) is 24.7. The Morgan fingerprint density at radius 3 is 2.27 bits per heavy atom. The zero-order valence-electron chi connectivity index (χ0n) is 18.4. The molecule has 0 aromatic heterocycles. The maximum Gasteiger partial charge on any atom is 0.261 e. The first-order valence-electron chi connectivity index (χ1n) is 10.7. The molecule has 0 spiro atoms. The Morgan fingerprint density at radius 2 is 1.70 bits per heavy atom. The summed E-state index contributed by atoms with van der Waals surface area (Å²) < 4.78 is 0. The summed E-state index contributed by atoms with van der Waals surface area (Å²) in [6, 6.07) is 10.9. The molecular formula is C24H25Cl2N3O4. The van der Waals surface area contributed by atoms with Crippen LogP contribution >= 0.6 is 23.2 Å². The number of nitrogens with one attached hydrogen (secondary N) is 1. The van der Waals surface area contributed by atoms with E-state index in [1.165, 1.54) is 4.90 Å². The second kappa shape index (κ2) is 10.8. The molecule has 0 aliphatic carbocycles. The highest BCUT2D eigenvalue weighted by molar-refractivity contribution is 6.35. The van der Waals surface area contributed by atoms with Crippen LogP contribution in [0.25, 0.3) is 0 Å². The van der Waals surface area contributed by atoms with Crippen molar-refractivity contribution in [3.63, 3.8) is 0 Å². The predicted octanol–water partition coefficient (Wildman–Crippen LogP) is 3.92. The summed E-state index contributed by atoms with van der Waals surface area (Å²) in [6.45, 7) is 4.13. The van der Waals surface area contributed by atoms with Gasteiger partial charge in [-0.1, -0.05) is 41.4 Å². The van der Waals surface area contributed by atoms with Crippen molar-refractivity contribution in [1.82, 2.24) is 15.1 Å². The summed E-state index contributed by atoms with van der Waals surface area (Å²) in [6.07, 6.45) is 0.333. The molecule has 1 heterocycles. The van der Waals surface area contributed by atoms with Crippen molar-refractivity contribution in [3.05, 3.63) is 69.2 Å². The number of hydrogen-bond acceptors (Lipinski definition) is 4. The molecule has 0 saturated heterocycles. The van der Waals surface area contributed by atoms with Gasteiger partial charge in [-0.25, -0.2) is 0 Å². The van der Waals surface area contributed by atoms with Crippen LogP contribution in [0.1, 0.15) is 53.0 Å². The monoisotopic (exact) mass is 489 g/mol. The summed E-state index contributed by atoms with van der Waals surface area (Å²) in [5, 5.41) is 3.60. The highest BCUT2D eigenvalue weighted by Crippen LogP contribution is 2.25. The van der Waals surface area contributed by atoms with Crippen molar-refractivity contribution in [3.8, 4) is 0 Å². The maximum atomic E-state index is 13.1. The molecule has 33 heavy (non-hydrogen) atoms. The Bertz CT molecular complexity index is 1050. The Morgan fingerprint density at radius 1 is 1.06 bits per heavy atom. The topological polar surface area (TPSA) is 86.8 Å². The first-order chi connectivity index (χ1) is 15.7. The van der Waals surface area contributed by atoms with E-state index in [1.807, 2.05) is 0 Å². The van der Waals surface area contributed by atoms with Crippen LogP contribution in [0.3, 0.4) is 0 Å². The molecule has 1 N–H and O–H groups in total. The summed E-state index contributed by atoms with van der Waals surface area (Å²) in [4.78, 5) is 53.2. The van der Waals surface area contributed by atoms with E-state index < -0.39 is 6.04 Å². The lowest BCUT2D eigenvalue weighted by Crippen LogP contribution is -2.47. The molecular weight excluding hydrogens is 465 g/mol. The minimum Gasteiger partial charge on any atom is -0.355 e. The van der Waals surface area contributed by atoms with Crippen molar-refractivity contribution < 1.29 is 19.2 Å². The number of benzene rings is 2. The number of carbonyl (C=O) groups excluding carboxylic acids is 4. The molecule has 0 fully saturated rings. The van der Waals surface area contributed by atoms with Crippen LogP contribution in [-0.4, -0.2) is 52.6 Å². The number of fused-ring (bicyclic) bond motifs is 1. The van der Waals surface area contributed by atoms with Gasteiger partial charge in [0.15, 0.2) is 0 Å². The number of rotatable bonds is 9. The zero-order valence-corrected chi connectivity index (χ0v) is 19.9. The van der Waals surface area contributed by atoms with Gasteiger partial charge in [-0.3, -0.25) is 24.1 Å². The number of amides is 4. The van der Waals surface area contributed by atoms with E-state index in [1.54, 1.807) is 56.3 Å². The van der Waals surface area contributed by atoms with Crippen molar-refractivity contribution in [2.45, 2.75) is 39.3 Å². The molecule has 2 aromatic carbocycles. The number of hydrogen-bond donors (Lipinski definition) is 1. The molecule has 3 rings (SSSR count). The van der Waals surface area contributed by atoms with Gasteiger partial charge >= 0.3 is 0 Å². The van der Waals surface area contributed by atoms with Crippen molar-refractivity contribution in [1.29, 1.82) is 0 Å². The Kier molecular flexibility index (Phi) is 8.10. The van der Waals surface area contributed by atoms with Crippen LogP contribution in [0, 0.1) is 0 Å². The average Bonchev–Trinajstić information content (AvgIpc) is 3.03. The van der Waals surface area contributed by atoms with Gasteiger partial charge in [0.25, 0.3) is 11.8 Å². The fraction of sp³-hybridized carbons (Fsp3) is 0.333. The maximum absolute atomic E-state index is 13.1. The molecule has 174 valence electrons. The van der Waals surface area contributed by atoms with Crippen LogP contribution < -0.4 is 5.32 Å². The summed E-state index contributed by atoms with van der Waals surface area (Å²) in [5.41, 5.74) is 1.40. The minimum absolute atomic E-state index is 0.0579. The fourth-order valence-electron chi connectivity index (χ4n) is 3.71. The third kappa shape index (κ3) is 5.54. The minimum atomic E-state index is -0.733. The summed E-state index contributed by atoms with van der Waals surface area (Å²) in [7, 11) is 0. The van der Waals surface area contributed by atoms with E-state index in [-0.39, 0.29) is 49.6 Å². The van der Waals surface area contributed by atoms with Crippen LogP contribution in [0.5, 0.6) is 0 Å². The number of halogens is 2. The van der Waals surface area contributed by atoms with Crippen molar-refractivity contribution >= 4 is 46.8 Å². The standard InChI is InChI=1S/C24H25Cl2N3O4/c1-3-27-22(31)15(2)29(14-16-10-11-17(25)13-20(16)26)21(30)9-6-12-28-23(32)18-7-4-5-8-19(18)24(28)33/h4-5,7-8,10-11,13,15H,3,6,9,12,14H2,1-2H3,(H,27,31)/t15-/m1/s1. The van der Waals surface area contributed by atoms with E-state index in [2.05, 4.69) is 5.32 Å². The quantitative estimate of drug-likeness (QED) is 0.540. The summed E-state index contributed by atoms with van der Waals surface area (Å²) >= 11 is 12.3. The number of carbonyl (C=O) groups is 4. The van der Waals surface area contributed by atoms with Crippen LogP contribution in [0.15, 0.2) is 42.5 Å². The second-order valence-electron chi connectivity index (χ2n) is 7.74. The van der Waals surface area contributed by atoms with Crippen molar-refractivity contribution in [2.75, 3.05) is 13.1 Å². The smallest absolute Gasteiger partial charge is 0.261 e. The molecule has 2 aromatic rings. The molecule has 1 atom stereocenters. The lowest BCUT2D eigenvalue weighted by molar-refractivity contribution is -0.140. The average molecular weight is 490 g/mol. The molecule has 1 aliphatic rings. The van der Waals surface area contributed by atoms with Gasteiger partial charge in [0, 0.05) is 36.1 Å². The summed E-state index contributed by atoms with van der Waals surface area (Å²) in [5.74, 6) is -1.28. The number of imide groups is 1. The third-order valence-corrected chi connectivity index (χ3v) is 6.11. The third-order valence-electron chi connectivity index (χ3n) is 5.52. The van der Waals surface area contributed by atoms with E-state index in [9.17, 15) is 19.2 Å². The molecule has 0 unspecified atom stereocenters. The normalized spacial score (nSPS) is 13.6. The van der Waals surface area contributed by atoms with Gasteiger partial charge in [0.05, 0.1) is 11.1 Å². The SMILES string of the molecule is CCNC(=O)[C@@H](C)N(Cc1ccc(Cl)cc1Cl)C(=O)CCCN1C(=O)c2ccccc2C1=O. The number of likely N-dealkylation sites (N-methyl/N-ethyl adjacent to an activating group) is 1. The van der Waals surface area contributed by atoms with E-state index >= 15 is 0 Å². The lowest BCUT2D eigenvalue weighted by atomic mass is 10.1. The van der Waals surface area contributed by atoms with Gasteiger partial charge in [-0.05, 0) is 50.1 Å². The number of nitrogens with zero attached hydrogens (tertiary/aromatic N) is 2. The zero-order chi connectivity index (χ0) is 24.1. The predicted molar refractivity (Wildman–Crippen MR) is 126 cm³/mol. The molecule has 9 heteroatoms. The van der Waals surface area contributed by atoms with Gasteiger partial charge in [0.2, 0.25) is 11.8 Å². The van der Waals surface area contributed by atoms with Gasteiger partial charge in [-0.2, -0.15) is 0 Å². The highest BCUT2D eigenvalue weighted by Gasteiger charge is 2.35. The Hall–Kier alpha value is -2.90.